The smallest absolute Gasteiger partial charge is 0.326 e. The van der Waals surface area contributed by atoms with Gasteiger partial charge in [-0.15, -0.1) is 0 Å². The molecule has 1 unspecified atom stereocenters. The Kier molecular flexibility index (Phi) is 3.47. The third kappa shape index (κ3) is 2.40. The summed E-state index contributed by atoms with van der Waals surface area (Å²) >= 11 is 0. The lowest BCUT2D eigenvalue weighted by molar-refractivity contribution is -0.141. The fourth-order valence-electron chi connectivity index (χ4n) is 2.21. The Morgan fingerprint density at radius 2 is 2.26 bits per heavy atom. The molecule has 2 heterocycles. The molecule has 1 atom stereocenters. The number of carbonyl (C=O) groups is 2. The Hall–Kier alpha value is -2.42. The molecule has 98 valence electrons. The number of carbonyl (C=O) groups excluding carboxylic acids is 1. The van der Waals surface area contributed by atoms with Crippen molar-refractivity contribution in [3.8, 4) is 6.07 Å². The molecule has 1 amide bonds. The molecule has 1 aliphatic heterocycles. The Labute approximate surface area is 110 Å². The van der Waals surface area contributed by atoms with Gasteiger partial charge in [-0.1, -0.05) is 0 Å². The van der Waals surface area contributed by atoms with Crippen LogP contribution in [0.5, 0.6) is 0 Å². The number of aryl methyl sites for hydroxylation is 1. The van der Waals surface area contributed by atoms with Crippen molar-refractivity contribution in [2.24, 2.45) is 0 Å². The lowest BCUT2D eigenvalue weighted by Gasteiger charge is -2.21. The Balaban J connectivity index is 2.27. The Morgan fingerprint density at radius 1 is 1.53 bits per heavy atom. The largest absolute Gasteiger partial charge is 0.480 e. The molecule has 0 aliphatic carbocycles. The van der Waals surface area contributed by atoms with Crippen LogP contribution >= 0.6 is 0 Å². The number of rotatable bonds is 2. The predicted octanol–water partition coefficient (Wildman–Crippen LogP) is 0.951. The molecule has 1 aliphatic rings. The number of amides is 1. The molecule has 0 aromatic carbocycles. The summed E-state index contributed by atoms with van der Waals surface area (Å²) in [5.41, 5.74) is 1.07. The van der Waals surface area contributed by atoms with Gasteiger partial charge in [0.25, 0.3) is 5.91 Å². The topological polar surface area (TPSA) is 94.3 Å². The molecular weight excluding hydrogens is 246 g/mol. The molecule has 0 spiro atoms. The van der Waals surface area contributed by atoms with Crippen LogP contribution in [-0.4, -0.2) is 39.5 Å². The first kappa shape index (κ1) is 13.0. The van der Waals surface area contributed by atoms with Gasteiger partial charge < -0.3 is 10.0 Å². The highest BCUT2D eigenvalue weighted by Crippen LogP contribution is 2.20. The minimum atomic E-state index is -0.990. The SMILES string of the molecule is Cc1nc(C(=O)N2CCCC2C(=O)O)ccc1C#N. The number of nitrogens with zero attached hydrogens (tertiary/aromatic N) is 3. The zero-order chi connectivity index (χ0) is 14.0. The predicted molar refractivity (Wildman–Crippen MR) is 65.4 cm³/mol. The van der Waals surface area contributed by atoms with Gasteiger partial charge in [0.05, 0.1) is 11.3 Å². The van der Waals surface area contributed by atoms with E-state index >= 15 is 0 Å². The standard InChI is InChI=1S/C13H13N3O3/c1-8-9(7-14)4-5-10(15-8)12(17)16-6-2-3-11(16)13(18)19/h4-5,11H,2-3,6H2,1H3,(H,18,19). The van der Waals surface area contributed by atoms with E-state index in [1.807, 2.05) is 6.07 Å². The van der Waals surface area contributed by atoms with Crippen molar-refractivity contribution < 1.29 is 14.7 Å². The average molecular weight is 259 g/mol. The van der Waals surface area contributed by atoms with E-state index in [1.165, 1.54) is 17.0 Å². The van der Waals surface area contributed by atoms with Gasteiger partial charge in [0, 0.05) is 6.54 Å². The van der Waals surface area contributed by atoms with Gasteiger partial charge in [0.2, 0.25) is 0 Å². The van der Waals surface area contributed by atoms with Crippen LogP contribution in [0.25, 0.3) is 0 Å². The summed E-state index contributed by atoms with van der Waals surface area (Å²) in [6.45, 7) is 2.07. The van der Waals surface area contributed by atoms with Crippen LogP contribution in [-0.2, 0) is 4.79 Å². The van der Waals surface area contributed by atoms with Gasteiger partial charge in [-0.2, -0.15) is 5.26 Å². The number of carboxylic acids is 1. The third-order valence-electron chi connectivity index (χ3n) is 3.22. The van der Waals surface area contributed by atoms with E-state index < -0.39 is 17.9 Å². The quantitative estimate of drug-likeness (QED) is 0.853. The maximum Gasteiger partial charge on any atom is 0.326 e. The molecule has 6 heteroatoms. The number of hydrogen-bond acceptors (Lipinski definition) is 4. The van der Waals surface area contributed by atoms with Crippen molar-refractivity contribution in [2.45, 2.75) is 25.8 Å². The highest BCUT2D eigenvalue weighted by atomic mass is 16.4. The second kappa shape index (κ2) is 5.06. The van der Waals surface area contributed by atoms with E-state index in [0.29, 0.717) is 30.6 Å². The first-order valence-corrected chi connectivity index (χ1v) is 5.96. The zero-order valence-electron chi connectivity index (χ0n) is 10.5. The van der Waals surface area contributed by atoms with Crippen LogP contribution in [0.15, 0.2) is 12.1 Å². The van der Waals surface area contributed by atoms with Crippen molar-refractivity contribution in [1.29, 1.82) is 5.26 Å². The lowest BCUT2D eigenvalue weighted by atomic mass is 10.2. The average Bonchev–Trinajstić information content (AvgIpc) is 2.87. The van der Waals surface area contributed by atoms with Gasteiger partial charge >= 0.3 is 5.97 Å². The van der Waals surface area contributed by atoms with Crippen molar-refractivity contribution in [3.05, 3.63) is 29.1 Å². The number of aromatic nitrogens is 1. The van der Waals surface area contributed by atoms with Crippen LogP contribution in [0, 0.1) is 18.3 Å². The van der Waals surface area contributed by atoms with Crippen LogP contribution in [0.4, 0.5) is 0 Å². The van der Waals surface area contributed by atoms with Gasteiger partial charge in [-0.05, 0) is 31.9 Å². The first-order chi connectivity index (χ1) is 9.04. The van der Waals surface area contributed by atoms with E-state index in [9.17, 15) is 9.59 Å². The molecule has 6 nitrogen and oxygen atoms in total. The minimum absolute atomic E-state index is 0.185. The van der Waals surface area contributed by atoms with Crippen molar-refractivity contribution in [3.63, 3.8) is 0 Å². The summed E-state index contributed by atoms with van der Waals surface area (Å²) in [6.07, 6.45) is 1.15. The molecule has 1 aromatic heterocycles. The molecule has 1 saturated heterocycles. The highest BCUT2D eigenvalue weighted by molar-refractivity contribution is 5.95. The monoisotopic (exact) mass is 259 g/mol. The molecule has 1 aromatic rings. The number of aliphatic carboxylic acids is 1. The maximum absolute atomic E-state index is 12.2. The summed E-state index contributed by atoms with van der Waals surface area (Å²) in [6, 6.07) is 4.20. The fourth-order valence-corrected chi connectivity index (χ4v) is 2.21. The summed E-state index contributed by atoms with van der Waals surface area (Å²) < 4.78 is 0. The lowest BCUT2D eigenvalue weighted by Crippen LogP contribution is -2.40. The van der Waals surface area contributed by atoms with Crippen molar-refractivity contribution in [2.75, 3.05) is 6.54 Å². The summed E-state index contributed by atoms with van der Waals surface area (Å²) in [7, 11) is 0. The van der Waals surface area contributed by atoms with Gasteiger partial charge in [0.1, 0.15) is 17.8 Å². The van der Waals surface area contributed by atoms with E-state index in [0.717, 1.165) is 0 Å². The Bertz CT molecular complexity index is 577. The fraction of sp³-hybridized carbons (Fsp3) is 0.385. The number of hydrogen-bond donors (Lipinski definition) is 1. The summed E-state index contributed by atoms with van der Waals surface area (Å²) in [5, 5.41) is 17.9. The molecule has 1 fully saturated rings. The second-order valence-corrected chi connectivity index (χ2v) is 4.44. The first-order valence-electron chi connectivity index (χ1n) is 5.96. The van der Waals surface area contributed by atoms with Crippen molar-refractivity contribution in [1.82, 2.24) is 9.88 Å². The molecule has 2 rings (SSSR count). The number of nitriles is 1. The molecule has 0 saturated carbocycles. The normalized spacial score (nSPS) is 18.1. The van der Waals surface area contributed by atoms with E-state index in [-0.39, 0.29) is 5.69 Å². The number of likely N-dealkylation sites (tertiary alicyclic amines) is 1. The second-order valence-electron chi connectivity index (χ2n) is 4.44. The van der Waals surface area contributed by atoms with Gasteiger partial charge in [-0.25, -0.2) is 9.78 Å². The molecule has 1 N–H and O–H groups in total. The van der Waals surface area contributed by atoms with Crippen molar-refractivity contribution >= 4 is 11.9 Å². The van der Waals surface area contributed by atoms with Crippen LogP contribution in [0.1, 0.15) is 34.6 Å². The number of pyridine rings is 1. The van der Waals surface area contributed by atoms with Crippen LogP contribution in [0.2, 0.25) is 0 Å². The molecule has 0 bridgehead atoms. The van der Waals surface area contributed by atoms with E-state index in [2.05, 4.69) is 4.98 Å². The molecule has 0 radical (unpaired) electrons. The van der Waals surface area contributed by atoms with Gasteiger partial charge in [-0.3, -0.25) is 4.79 Å². The summed E-state index contributed by atoms with van der Waals surface area (Å²) in [4.78, 5) is 28.7. The number of carboxylic acid groups (broad SMARTS) is 1. The minimum Gasteiger partial charge on any atom is -0.480 e. The Morgan fingerprint density at radius 3 is 2.84 bits per heavy atom. The molecule has 19 heavy (non-hydrogen) atoms. The van der Waals surface area contributed by atoms with Gasteiger partial charge in [0.15, 0.2) is 0 Å². The molecular formula is C13H13N3O3. The van der Waals surface area contributed by atoms with E-state index in [4.69, 9.17) is 10.4 Å². The van der Waals surface area contributed by atoms with E-state index in [1.54, 1.807) is 6.92 Å². The maximum atomic E-state index is 12.2. The van der Waals surface area contributed by atoms with Crippen LogP contribution in [0.3, 0.4) is 0 Å². The highest BCUT2D eigenvalue weighted by Gasteiger charge is 2.34. The van der Waals surface area contributed by atoms with Crippen LogP contribution < -0.4 is 0 Å². The zero-order valence-corrected chi connectivity index (χ0v) is 10.5. The third-order valence-corrected chi connectivity index (χ3v) is 3.22. The summed E-state index contributed by atoms with van der Waals surface area (Å²) in [5.74, 6) is -1.38.